The van der Waals surface area contributed by atoms with Gasteiger partial charge in [-0.3, -0.25) is 0 Å². The Balaban J connectivity index is 2.55. The van der Waals surface area contributed by atoms with Crippen molar-refractivity contribution >= 4 is 16.7 Å². The molecule has 5 nitrogen and oxygen atoms in total. The fourth-order valence-corrected chi connectivity index (χ4v) is 1.41. The van der Waals surface area contributed by atoms with E-state index >= 15 is 0 Å². The summed E-state index contributed by atoms with van der Waals surface area (Å²) in [5.41, 5.74) is 0.340. The van der Waals surface area contributed by atoms with Crippen molar-refractivity contribution in [1.82, 2.24) is 9.97 Å². The van der Waals surface area contributed by atoms with Crippen LogP contribution in [0.4, 0.5) is 5.82 Å². The van der Waals surface area contributed by atoms with Crippen molar-refractivity contribution in [2.75, 3.05) is 18.5 Å². The normalized spacial score (nSPS) is 10.5. The number of H-pyrrole nitrogens is 1. The minimum atomic E-state index is -0.394. The number of rotatable bonds is 3. The van der Waals surface area contributed by atoms with Crippen LogP contribution in [-0.2, 0) is 0 Å². The van der Waals surface area contributed by atoms with Crippen molar-refractivity contribution in [2.45, 2.75) is 0 Å². The summed E-state index contributed by atoms with van der Waals surface area (Å²) in [6, 6.07) is 7.38. The average Bonchev–Trinajstić information content (AvgIpc) is 2.25. The Morgan fingerprint density at radius 3 is 3.00 bits per heavy atom. The number of benzene rings is 1. The van der Waals surface area contributed by atoms with Gasteiger partial charge in [-0.1, -0.05) is 12.1 Å². The van der Waals surface area contributed by atoms with Crippen LogP contribution in [0, 0.1) is 0 Å². The van der Waals surface area contributed by atoms with Gasteiger partial charge in [-0.15, -0.1) is 0 Å². The number of anilines is 1. The van der Waals surface area contributed by atoms with Crippen molar-refractivity contribution in [3.05, 3.63) is 34.7 Å². The summed E-state index contributed by atoms with van der Waals surface area (Å²) in [4.78, 5) is 17.6. The number of aromatic amines is 1. The number of aromatic nitrogens is 2. The lowest BCUT2D eigenvalue weighted by Crippen LogP contribution is -2.15. The molecular weight excluding hydrogens is 194 g/mol. The summed E-state index contributed by atoms with van der Waals surface area (Å²) in [7, 11) is 0. The topological polar surface area (TPSA) is 78.0 Å². The molecule has 0 aliphatic carbocycles. The first-order valence-electron chi connectivity index (χ1n) is 4.65. The third-order valence-corrected chi connectivity index (χ3v) is 2.04. The van der Waals surface area contributed by atoms with Crippen molar-refractivity contribution in [3.8, 4) is 0 Å². The Bertz CT molecular complexity index is 521. The number of hydrogen-bond acceptors (Lipinski definition) is 4. The molecular formula is C10H11N3O2. The van der Waals surface area contributed by atoms with Crippen LogP contribution in [-0.4, -0.2) is 28.2 Å². The van der Waals surface area contributed by atoms with Gasteiger partial charge in [0.25, 0.3) is 0 Å². The Kier molecular flexibility index (Phi) is 2.64. The molecule has 78 valence electrons. The third kappa shape index (κ3) is 1.97. The molecule has 15 heavy (non-hydrogen) atoms. The summed E-state index contributed by atoms with van der Waals surface area (Å²) < 4.78 is 0. The Labute approximate surface area is 85.8 Å². The maximum absolute atomic E-state index is 11.2. The number of fused-ring (bicyclic) bond motifs is 1. The fraction of sp³-hybridized carbons (Fsp3) is 0.200. The van der Waals surface area contributed by atoms with Gasteiger partial charge in [-0.05, 0) is 12.1 Å². The standard InChI is InChI=1S/C10H11N3O2/c14-6-5-11-9-7-3-1-2-4-8(7)12-10(15)13-9/h1-4,14H,5-6H2,(H2,11,12,13,15). The van der Waals surface area contributed by atoms with E-state index in [0.29, 0.717) is 12.4 Å². The van der Waals surface area contributed by atoms with E-state index in [1.54, 1.807) is 0 Å². The van der Waals surface area contributed by atoms with Crippen LogP contribution in [0.25, 0.3) is 10.9 Å². The van der Waals surface area contributed by atoms with E-state index in [9.17, 15) is 4.79 Å². The molecule has 0 bridgehead atoms. The number of nitrogens with zero attached hydrogens (tertiary/aromatic N) is 1. The summed E-state index contributed by atoms with van der Waals surface area (Å²) >= 11 is 0. The van der Waals surface area contributed by atoms with Crippen molar-refractivity contribution in [2.24, 2.45) is 0 Å². The molecule has 0 amide bonds. The highest BCUT2D eigenvalue weighted by atomic mass is 16.3. The van der Waals surface area contributed by atoms with Crippen LogP contribution in [0.2, 0.25) is 0 Å². The predicted octanol–water partition coefficient (Wildman–Crippen LogP) is 0.327. The van der Waals surface area contributed by atoms with Crippen LogP contribution in [0.15, 0.2) is 29.1 Å². The van der Waals surface area contributed by atoms with Crippen LogP contribution >= 0.6 is 0 Å². The molecule has 0 aliphatic rings. The zero-order valence-corrected chi connectivity index (χ0v) is 8.03. The Morgan fingerprint density at radius 2 is 2.20 bits per heavy atom. The quantitative estimate of drug-likeness (QED) is 0.674. The maximum atomic E-state index is 11.2. The molecule has 0 radical (unpaired) electrons. The summed E-state index contributed by atoms with van der Waals surface area (Å²) in [6.07, 6.45) is 0. The fourth-order valence-electron chi connectivity index (χ4n) is 1.41. The zero-order chi connectivity index (χ0) is 10.7. The van der Waals surface area contributed by atoms with Gasteiger partial charge in [0, 0.05) is 11.9 Å². The van der Waals surface area contributed by atoms with Crippen LogP contribution in [0.1, 0.15) is 0 Å². The van der Waals surface area contributed by atoms with Crippen LogP contribution in [0.3, 0.4) is 0 Å². The highest BCUT2D eigenvalue weighted by molar-refractivity contribution is 5.88. The first-order valence-corrected chi connectivity index (χ1v) is 4.65. The van der Waals surface area contributed by atoms with E-state index in [-0.39, 0.29) is 6.61 Å². The van der Waals surface area contributed by atoms with Crippen molar-refractivity contribution in [3.63, 3.8) is 0 Å². The van der Waals surface area contributed by atoms with Gasteiger partial charge in [0.15, 0.2) is 0 Å². The summed E-state index contributed by atoms with van der Waals surface area (Å²) in [6.45, 7) is 0.378. The van der Waals surface area contributed by atoms with Gasteiger partial charge in [0.1, 0.15) is 5.82 Å². The van der Waals surface area contributed by atoms with Gasteiger partial charge < -0.3 is 15.4 Å². The molecule has 0 unspecified atom stereocenters. The highest BCUT2D eigenvalue weighted by Gasteiger charge is 2.02. The SMILES string of the molecule is O=c1nc(NCCO)c2ccccc2[nH]1. The van der Waals surface area contributed by atoms with Gasteiger partial charge in [-0.25, -0.2) is 4.79 Å². The molecule has 0 spiro atoms. The zero-order valence-electron chi connectivity index (χ0n) is 8.03. The molecule has 1 aromatic carbocycles. The Morgan fingerprint density at radius 1 is 1.40 bits per heavy atom. The second-order valence-electron chi connectivity index (χ2n) is 3.09. The van der Waals surface area contributed by atoms with Crippen LogP contribution in [0.5, 0.6) is 0 Å². The van der Waals surface area contributed by atoms with E-state index in [1.807, 2.05) is 24.3 Å². The first-order chi connectivity index (χ1) is 7.31. The van der Waals surface area contributed by atoms with Gasteiger partial charge in [0.2, 0.25) is 0 Å². The monoisotopic (exact) mass is 205 g/mol. The van der Waals surface area contributed by atoms with E-state index in [1.165, 1.54) is 0 Å². The van der Waals surface area contributed by atoms with Gasteiger partial charge in [0.05, 0.1) is 12.1 Å². The largest absolute Gasteiger partial charge is 0.395 e. The molecule has 1 heterocycles. The minimum Gasteiger partial charge on any atom is -0.395 e. The van der Waals surface area contributed by atoms with E-state index in [2.05, 4.69) is 15.3 Å². The summed E-state index contributed by atoms with van der Waals surface area (Å²) in [5.74, 6) is 0.503. The highest BCUT2D eigenvalue weighted by Crippen LogP contribution is 2.16. The summed E-state index contributed by atoms with van der Waals surface area (Å²) in [5, 5.41) is 12.4. The molecule has 1 aromatic heterocycles. The minimum absolute atomic E-state index is 0.00278. The van der Waals surface area contributed by atoms with Crippen LogP contribution < -0.4 is 11.0 Å². The van der Waals surface area contributed by atoms with E-state index < -0.39 is 5.69 Å². The lowest BCUT2D eigenvalue weighted by molar-refractivity contribution is 0.311. The lowest BCUT2D eigenvalue weighted by Gasteiger charge is -2.05. The van der Waals surface area contributed by atoms with Crippen molar-refractivity contribution in [1.29, 1.82) is 0 Å². The molecule has 0 saturated carbocycles. The molecule has 3 N–H and O–H groups in total. The van der Waals surface area contributed by atoms with Gasteiger partial charge >= 0.3 is 5.69 Å². The molecule has 0 aliphatic heterocycles. The lowest BCUT2D eigenvalue weighted by atomic mass is 10.2. The van der Waals surface area contributed by atoms with Gasteiger partial charge in [-0.2, -0.15) is 4.98 Å². The molecule has 0 saturated heterocycles. The molecule has 5 heteroatoms. The smallest absolute Gasteiger partial charge is 0.347 e. The molecule has 2 aromatic rings. The van der Waals surface area contributed by atoms with E-state index in [4.69, 9.17) is 5.11 Å². The molecule has 2 rings (SSSR count). The number of aliphatic hydroxyl groups is 1. The molecule has 0 fully saturated rings. The number of hydrogen-bond donors (Lipinski definition) is 3. The third-order valence-electron chi connectivity index (χ3n) is 2.04. The van der Waals surface area contributed by atoms with E-state index in [0.717, 1.165) is 10.9 Å². The predicted molar refractivity (Wildman–Crippen MR) is 57.9 cm³/mol. The molecule has 0 atom stereocenters. The number of aliphatic hydroxyl groups excluding tert-OH is 1. The maximum Gasteiger partial charge on any atom is 0.347 e. The second-order valence-corrected chi connectivity index (χ2v) is 3.09. The Hall–Kier alpha value is -1.88. The second kappa shape index (κ2) is 4.10. The first kappa shape index (κ1) is 9.67. The number of para-hydroxylation sites is 1. The van der Waals surface area contributed by atoms with Crippen molar-refractivity contribution < 1.29 is 5.11 Å². The average molecular weight is 205 g/mol. The number of nitrogens with one attached hydrogen (secondary N) is 2.